The molecule has 0 fully saturated rings. The summed E-state index contributed by atoms with van der Waals surface area (Å²) in [5.41, 5.74) is 3.30. The van der Waals surface area contributed by atoms with Crippen molar-refractivity contribution in [2.45, 2.75) is 39.2 Å². The molecule has 0 radical (unpaired) electrons. The van der Waals surface area contributed by atoms with Gasteiger partial charge in [-0.2, -0.15) is 0 Å². The fourth-order valence-corrected chi connectivity index (χ4v) is 3.01. The van der Waals surface area contributed by atoms with Gasteiger partial charge in [-0.25, -0.2) is 0 Å². The molecule has 5 nitrogen and oxygen atoms in total. The molecule has 0 unspecified atom stereocenters. The Morgan fingerprint density at radius 2 is 1.86 bits per heavy atom. The number of fused-ring (bicyclic) bond motifs is 1. The van der Waals surface area contributed by atoms with E-state index in [1.54, 1.807) is 24.3 Å². The van der Waals surface area contributed by atoms with Crippen molar-refractivity contribution in [3.8, 4) is 11.5 Å². The van der Waals surface area contributed by atoms with Crippen molar-refractivity contribution >= 4 is 16.8 Å². The molecule has 0 saturated heterocycles. The maximum Gasteiger partial charge on any atom is 0.251 e. The third-order valence-electron chi connectivity index (χ3n) is 4.77. The number of benzene rings is 2. The van der Waals surface area contributed by atoms with Crippen LogP contribution in [0.2, 0.25) is 0 Å². The van der Waals surface area contributed by atoms with Gasteiger partial charge in [-0.1, -0.05) is 32.9 Å². The van der Waals surface area contributed by atoms with Gasteiger partial charge in [0.2, 0.25) is 0 Å². The molecule has 0 aliphatic heterocycles. The van der Waals surface area contributed by atoms with Crippen LogP contribution >= 0.6 is 0 Å². The quantitative estimate of drug-likeness (QED) is 0.688. The molecule has 1 aromatic heterocycles. The Bertz CT molecular complexity index is 1020. The van der Waals surface area contributed by atoms with Crippen LogP contribution < -0.4 is 10.1 Å². The maximum absolute atomic E-state index is 12.7. The number of pyridine rings is 1. The van der Waals surface area contributed by atoms with Crippen LogP contribution in [-0.4, -0.2) is 23.1 Å². The molecule has 0 aliphatic rings. The highest BCUT2D eigenvalue weighted by molar-refractivity contribution is 5.98. The first kappa shape index (κ1) is 19.7. The minimum absolute atomic E-state index is 0.0230. The summed E-state index contributed by atoms with van der Waals surface area (Å²) in [6, 6.07) is 14.4. The lowest BCUT2D eigenvalue weighted by Crippen LogP contribution is -2.26. The number of ether oxygens (including phenoxy) is 1. The summed E-state index contributed by atoms with van der Waals surface area (Å²) in [5.74, 6) is 0.285. The third-order valence-corrected chi connectivity index (χ3v) is 4.77. The zero-order valence-electron chi connectivity index (χ0n) is 16.9. The monoisotopic (exact) mass is 378 g/mol. The molecule has 3 rings (SSSR count). The van der Waals surface area contributed by atoms with E-state index in [2.05, 4.69) is 26.1 Å². The van der Waals surface area contributed by atoms with Gasteiger partial charge in [-0.15, -0.1) is 0 Å². The first-order chi connectivity index (χ1) is 13.2. The number of nitrogens with zero attached hydrogens (tertiary/aromatic N) is 1. The SMILES string of the molecule is COc1cc([C@@H](C)NC(=O)c2ccc3nc(C(C)(C)C)ccc3c2)ccc1O. The molecule has 28 heavy (non-hydrogen) atoms. The van der Waals surface area contributed by atoms with Crippen molar-refractivity contribution in [1.82, 2.24) is 10.3 Å². The summed E-state index contributed by atoms with van der Waals surface area (Å²) in [4.78, 5) is 17.4. The van der Waals surface area contributed by atoms with E-state index in [-0.39, 0.29) is 23.1 Å². The molecule has 3 aromatic rings. The van der Waals surface area contributed by atoms with Gasteiger partial charge in [0.15, 0.2) is 11.5 Å². The molecule has 1 amide bonds. The molecule has 0 saturated carbocycles. The van der Waals surface area contributed by atoms with E-state index in [0.29, 0.717) is 11.3 Å². The van der Waals surface area contributed by atoms with Crippen LogP contribution in [-0.2, 0) is 5.41 Å². The van der Waals surface area contributed by atoms with Crippen LogP contribution in [0.5, 0.6) is 11.5 Å². The van der Waals surface area contributed by atoms with E-state index in [9.17, 15) is 9.90 Å². The summed E-state index contributed by atoms with van der Waals surface area (Å²) in [6.45, 7) is 8.27. The molecule has 5 heteroatoms. The number of aromatic hydroxyl groups is 1. The second kappa shape index (κ2) is 7.50. The Balaban J connectivity index is 1.81. The molecule has 1 heterocycles. The average molecular weight is 378 g/mol. The number of hydrogen-bond acceptors (Lipinski definition) is 4. The highest BCUT2D eigenvalue weighted by Crippen LogP contribution is 2.29. The molecule has 2 aromatic carbocycles. The first-order valence-electron chi connectivity index (χ1n) is 9.28. The van der Waals surface area contributed by atoms with Crippen molar-refractivity contribution in [3.63, 3.8) is 0 Å². The lowest BCUT2D eigenvalue weighted by molar-refractivity contribution is 0.0940. The van der Waals surface area contributed by atoms with Crippen LogP contribution in [0.15, 0.2) is 48.5 Å². The molecule has 0 spiro atoms. The summed E-state index contributed by atoms with van der Waals surface area (Å²) >= 11 is 0. The molecular formula is C23H26N2O3. The van der Waals surface area contributed by atoms with Crippen molar-refractivity contribution in [3.05, 3.63) is 65.4 Å². The summed E-state index contributed by atoms with van der Waals surface area (Å²) in [5, 5.41) is 13.6. The Hall–Kier alpha value is -3.08. The predicted octanol–water partition coefficient (Wildman–Crippen LogP) is 4.74. The van der Waals surface area contributed by atoms with Crippen molar-refractivity contribution in [1.29, 1.82) is 0 Å². The number of rotatable bonds is 4. The minimum Gasteiger partial charge on any atom is -0.504 e. The van der Waals surface area contributed by atoms with Gasteiger partial charge in [-0.3, -0.25) is 9.78 Å². The molecule has 1 atom stereocenters. The Kier molecular flexibility index (Phi) is 5.27. The Labute approximate surface area is 165 Å². The van der Waals surface area contributed by atoms with Gasteiger partial charge in [0.1, 0.15) is 0 Å². The van der Waals surface area contributed by atoms with E-state index in [1.807, 2.05) is 31.2 Å². The van der Waals surface area contributed by atoms with Gasteiger partial charge in [0.05, 0.1) is 18.7 Å². The molecule has 146 valence electrons. The zero-order chi connectivity index (χ0) is 20.5. The van der Waals surface area contributed by atoms with Gasteiger partial charge in [0.25, 0.3) is 5.91 Å². The van der Waals surface area contributed by atoms with E-state index in [4.69, 9.17) is 9.72 Å². The molecule has 0 bridgehead atoms. The van der Waals surface area contributed by atoms with E-state index in [0.717, 1.165) is 22.2 Å². The number of amides is 1. The molecule has 0 aliphatic carbocycles. The number of aromatic nitrogens is 1. The van der Waals surface area contributed by atoms with Crippen LogP contribution in [0.25, 0.3) is 10.9 Å². The number of methoxy groups -OCH3 is 1. The second-order valence-corrected chi connectivity index (χ2v) is 7.98. The Morgan fingerprint density at radius 3 is 2.54 bits per heavy atom. The van der Waals surface area contributed by atoms with E-state index >= 15 is 0 Å². The zero-order valence-corrected chi connectivity index (χ0v) is 16.9. The van der Waals surface area contributed by atoms with Gasteiger partial charge < -0.3 is 15.2 Å². The van der Waals surface area contributed by atoms with Crippen molar-refractivity contribution in [2.24, 2.45) is 0 Å². The normalized spacial score (nSPS) is 12.6. The highest BCUT2D eigenvalue weighted by Gasteiger charge is 2.17. The van der Waals surface area contributed by atoms with Crippen molar-refractivity contribution in [2.75, 3.05) is 7.11 Å². The standard InChI is InChI=1S/C23H26N2O3/c1-14(15-7-10-19(26)20(13-15)28-5)24-22(27)17-6-9-18-16(12-17)8-11-21(25-18)23(2,3)4/h6-14,26H,1-5H3,(H,24,27)/t14-/m1/s1. The molecular weight excluding hydrogens is 352 g/mol. The number of hydrogen-bond donors (Lipinski definition) is 2. The topological polar surface area (TPSA) is 71.5 Å². The second-order valence-electron chi connectivity index (χ2n) is 7.98. The third kappa shape index (κ3) is 4.09. The number of phenols is 1. The van der Waals surface area contributed by atoms with Crippen molar-refractivity contribution < 1.29 is 14.6 Å². The minimum atomic E-state index is -0.237. The largest absolute Gasteiger partial charge is 0.504 e. The number of carbonyl (C=O) groups excluding carboxylic acids is 1. The van der Waals surface area contributed by atoms with E-state index < -0.39 is 0 Å². The van der Waals surface area contributed by atoms with Crippen LogP contribution in [0.1, 0.15) is 55.4 Å². The van der Waals surface area contributed by atoms with E-state index in [1.165, 1.54) is 7.11 Å². The smallest absolute Gasteiger partial charge is 0.251 e. The predicted molar refractivity (Wildman–Crippen MR) is 111 cm³/mol. The first-order valence-corrected chi connectivity index (χ1v) is 9.28. The van der Waals surface area contributed by atoms with Gasteiger partial charge >= 0.3 is 0 Å². The number of phenolic OH excluding ortho intramolecular Hbond substituents is 1. The highest BCUT2D eigenvalue weighted by atomic mass is 16.5. The number of carbonyl (C=O) groups is 1. The molecule has 2 N–H and O–H groups in total. The average Bonchev–Trinajstić information content (AvgIpc) is 2.66. The van der Waals surface area contributed by atoms with Gasteiger partial charge in [0, 0.05) is 22.1 Å². The van der Waals surface area contributed by atoms with Crippen LogP contribution in [0, 0.1) is 0 Å². The maximum atomic E-state index is 12.7. The Morgan fingerprint density at radius 1 is 1.11 bits per heavy atom. The number of nitrogens with one attached hydrogen (secondary N) is 1. The van der Waals surface area contributed by atoms with Crippen LogP contribution in [0.3, 0.4) is 0 Å². The van der Waals surface area contributed by atoms with Gasteiger partial charge in [-0.05, 0) is 48.9 Å². The fourth-order valence-electron chi connectivity index (χ4n) is 3.01. The summed E-state index contributed by atoms with van der Waals surface area (Å²) in [6.07, 6.45) is 0. The fraction of sp³-hybridized carbons (Fsp3) is 0.304. The van der Waals surface area contributed by atoms with Crippen LogP contribution in [0.4, 0.5) is 0 Å². The lowest BCUT2D eigenvalue weighted by Gasteiger charge is -2.18. The summed E-state index contributed by atoms with van der Waals surface area (Å²) < 4.78 is 5.14. The lowest BCUT2D eigenvalue weighted by atomic mass is 9.91. The summed E-state index contributed by atoms with van der Waals surface area (Å²) in [7, 11) is 1.50.